The second-order valence-corrected chi connectivity index (χ2v) is 5.02. The van der Waals surface area contributed by atoms with Gasteiger partial charge in [-0.3, -0.25) is 9.48 Å². The molecule has 0 bridgehead atoms. The lowest BCUT2D eigenvalue weighted by molar-refractivity contribution is -0.125. The number of anilines is 1. The van der Waals surface area contributed by atoms with Gasteiger partial charge in [0.1, 0.15) is 6.61 Å². The van der Waals surface area contributed by atoms with Crippen LogP contribution in [0.4, 0.5) is 5.69 Å². The Hall–Kier alpha value is -2.50. The molecule has 0 aliphatic carbocycles. The second kappa shape index (κ2) is 5.12. The number of amides is 1. The van der Waals surface area contributed by atoms with Gasteiger partial charge in [0.05, 0.1) is 17.1 Å². The Balaban J connectivity index is 1.75. The predicted octanol–water partition coefficient (Wildman–Crippen LogP) is 1.82. The minimum absolute atomic E-state index is 0.196. The number of benzene rings is 1. The van der Waals surface area contributed by atoms with Crippen LogP contribution in [0.3, 0.4) is 0 Å². The molecule has 2 heterocycles. The number of aromatic nitrogens is 2. The highest BCUT2D eigenvalue weighted by molar-refractivity contribution is 5.95. The molecule has 0 saturated heterocycles. The molecular formula is C15H17N3O3. The highest BCUT2D eigenvalue weighted by Crippen LogP contribution is 2.31. The first kappa shape index (κ1) is 13.5. The number of nitrogens with zero attached hydrogens (tertiary/aromatic N) is 2. The van der Waals surface area contributed by atoms with Crippen molar-refractivity contribution in [2.75, 3.05) is 11.9 Å². The van der Waals surface area contributed by atoms with Crippen molar-refractivity contribution in [2.24, 2.45) is 7.05 Å². The highest BCUT2D eigenvalue weighted by Gasteiger charge is 2.28. The quantitative estimate of drug-likeness (QED) is 0.915. The van der Waals surface area contributed by atoms with Gasteiger partial charge in [0.2, 0.25) is 6.10 Å². The van der Waals surface area contributed by atoms with E-state index in [1.807, 2.05) is 39.1 Å². The maximum absolute atomic E-state index is 12.3. The second-order valence-electron chi connectivity index (χ2n) is 5.02. The van der Waals surface area contributed by atoms with Gasteiger partial charge >= 0.3 is 0 Å². The average molecular weight is 287 g/mol. The Morgan fingerprint density at radius 1 is 1.33 bits per heavy atom. The number of rotatable bonds is 2. The first-order chi connectivity index (χ1) is 10.1. The van der Waals surface area contributed by atoms with Crippen LogP contribution in [-0.4, -0.2) is 28.4 Å². The third-order valence-electron chi connectivity index (χ3n) is 3.56. The molecule has 1 aliphatic rings. The van der Waals surface area contributed by atoms with E-state index in [0.717, 1.165) is 17.1 Å². The normalized spacial score (nSPS) is 16.6. The van der Waals surface area contributed by atoms with Crippen molar-refractivity contribution < 1.29 is 14.3 Å². The minimum Gasteiger partial charge on any atom is -0.485 e. The third-order valence-corrected chi connectivity index (χ3v) is 3.56. The van der Waals surface area contributed by atoms with Crippen molar-refractivity contribution in [3.05, 3.63) is 35.7 Å². The van der Waals surface area contributed by atoms with E-state index in [9.17, 15) is 4.79 Å². The summed E-state index contributed by atoms with van der Waals surface area (Å²) >= 11 is 0. The van der Waals surface area contributed by atoms with Crippen LogP contribution in [-0.2, 0) is 11.8 Å². The summed E-state index contributed by atoms with van der Waals surface area (Å²) in [6.45, 7) is 3.96. The topological polar surface area (TPSA) is 65.4 Å². The van der Waals surface area contributed by atoms with Crippen LogP contribution in [0.25, 0.3) is 0 Å². The number of nitrogens with one attached hydrogen (secondary N) is 1. The van der Waals surface area contributed by atoms with E-state index in [-0.39, 0.29) is 12.5 Å². The number of ether oxygens (including phenoxy) is 2. The number of fused-ring (bicyclic) bond motifs is 1. The van der Waals surface area contributed by atoms with Crippen LogP contribution in [0, 0.1) is 13.8 Å². The number of hydrogen-bond acceptors (Lipinski definition) is 4. The van der Waals surface area contributed by atoms with Gasteiger partial charge in [-0.15, -0.1) is 0 Å². The summed E-state index contributed by atoms with van der Waals surface area (Å²) in [6, 6.07) is 7.32. The number of para-hydroxylation sites is 2. The summed E-state index contributed by atoms with van der Waals surface area (Å²) < 4.78 is 13.0. The number of aryl methyl sites for hydroxylation is 2. The SMILES string of the molecule is Cc1nn(C)c(C)c1NC(=O)[C@@H]1COc2ccccc2O1. The molecule has 6 heteroatoms. The van der Waals surface area contributed by atoms with E-state index in [4.69, 9.17) is 9.47 Å². The van der Waals surface area contributed by atoms with E-state index < -0.39 is 6.10 Å². The van der Waals surface area contributed by atoms with Gasteiger partial charge in [-0.25, -0.2) is 0 Å². The van der Waals surface area contributed by atoms with Gasteiger partial charge in [-0.1, -0.05) is 12.1 Å². The van der Waals surface area contributed by atoms with Gasteiger partial charge in [0, 0.05) is 7.05 Å². The summed E-state index contributed by atoms with van der Waals surface area (Å²) in [6.07, 6.45) is -0.668. The van der Waals surface area contributed by atoms with Crippen molar-refractivity contribution in [3.8, 4) is 11.5 Å². The van der Waals surface area contributed by atoms with Crippen LogP contribution in [0.5, 0.6) is 11.5 Å². The average Bonchev–Trinajstić information content (AvgIpc) is 2.73. The molecule has 0 spiro atoms. The molecule has 6 nitrogen and oxygen atoms in total. The maximum Gasteiger partial charge on any atom is 0.269 e. The van der Waals surface area contributed by atoms with E-state index in [1.54, 1.807) is 10.7 Å². The fraction of sp³-hybridized carbons (Fsp3) is 0.333. The Labute approximate surface area is 122 Å². The van der Waals surface area contributed by atoms with Crippen molar-refractivity contribution in [1.29, 1.82) is 0 Å². The van der Waals surface area contributed by atoms with E-state index in [2.05, 4.69) is 10.4 Å². The van der Waals surface area contributed by atoms with Gasteiger partial charge in [-0.2, -0.15) is 5.10 Å². The molecular weight excluding hydrogens is 270 g/mol. The predicted molar refractivity (Wildman–Crippen MR) is 77.7 cm³/mol. The summed E-state index contributed by atoms with van der Waals surface area (Å²) in [5, 5.41) is 7.15. The molecule has 3 rings (SSSR count). The van der Waals surface area contributed by atoms with Crippen molar-refractivity contribution in [1.82, 2.24) is 9.78 Å². The van der Waals surface area contributed by atoms with E-state index in [1.165, 1.54) is 0 Å². The molecule has 0 fully saturated rings. The van der Waals surface area contributed by atoms with Crippen molar-refractivity contribution in [2.45, 2.75) is 20.0 Å². The number of hydrogen-bond donors (Lipinski definition) is 1. The first-order valence-electron chi connectivity index (χ1n) is 6.76. The smallest absolute Gasteiger partial charge is 0.269 e. The lowest BCUT2D eigenvalue weighted by Gasteiger charge is -2.25. The molecule has 110 valence electrons. The van der Waals surface area contributed by atoms with Gasteiger partial charge in [0.15, 0.2) is 11.5 Å². The molecule has 1 aromatic carbocycles. The van der Waals surface area contributed by atoms with Crippen LogP contribution >= 0.6 is 0 Å². The Morgan fingerprint density at radius 2 is 2.05 bits per heavy atom. The molecule has 21 heavy (non-hydrogen) atoms. The van der Waals surface area contributed by atoms with Crippen LogP contribution in [0.2, 0.25) is 0 Å². The standard InChI is InChI=1S/C15H17N3O3/c1-9-14(10(2)18(3)17-9)16-15(19)13-8-20-11-6-4-5-7-12(11)21-13/h4-7,13H,8H2,1-3H3,(H,16,19)/t13-/m0/s1. The largest absolute Gasteiger partial charge is 0.485 e. The number of carbonyl (C=O) groups excluding carboxylic acids is 1. The third kappa shape index (κ3) is 2.44. The van der Waals surface area contributed by atoms with Gasteiger partial charge in [0.25, 0.3) is 5.91 Å². The van der Waals surface area contributed by atoms with Gasteiger partial charge in [-0.05, 0) is 26.0 Å². The molecule has 0 saturated carbocycles. The van der Waals surface area contributed by atoms with Crippen molar-refractivity contribution >= 4 is 11.6 Å². The lowest BCUT2D eigenvalue weighted by Crippen LogP contribution is -2.40. The Bertz CT molecular complexity index is 693. The van der Waals surface area contributed by atoms with Crippen molar-refractivity contribution in [3.63, 3.8) is 0 Å². The molecule has 0 unspecified atom stereocenters. The summed E-state index contributed by atoms with van der Waals surface area (Å²) in [7, 11) is 1.84. The monoisotopic (exact) mass is 287 g/mol. The Morgan fingerprint density at radius 3 is 2.71 bits per heavy atom. The minimum atomic E-state index is -0.668. The molecule has 1 amide bonds. The zero-order valence-electron chi connectivity index (χ0n) is 12.2. The summed E-state index contributed by atoms with van der Waals surface area (Å²) in [5.74, 6) is 1.02. The van der Waals surface area contributed by atoms with Crippen LogP contribution < -0.4 is 14.8 Å². The molecule has 1 N–H and O–H groups in total. The zero-order valence-corrected chi connectivity index (χ0v) is 12.2. The fourth-order valence-electron chi connectivity index (χ4n) is 2.31. The fourth-order valence-corrected chi connectivity index (χ4v) is 2.31. The van der Waals surface area contributed by atoms with E-state index >= 15 is 0 Å². The summed E-state index contributed by atoms with van der Waals surface area (Å²) in [5.41, 5.74) is 2.41. The molecule has 0 radical (unpaired) electrons. The maximum atomic E-state index is 12.3. The van der Waals surface area contributed by atoms with Gasteiger partial charge < -0.3 is 14.8 Å². The van der Waals surface area contributed by atoms with E-state index in [0.29, 0.717) is 11.5 Å². The first-order valence-corrected chi connectivity index (χ1v) is 6.76. The molecule has 2 aromatic rings. The molecule has 1 aromatic heterocycles. The highest BCUT2D eigenvalue weighted by atomic mass is 16.6. The zero-order chi connectivity index (χ0) is 15.0. The van der Waals surface area contributed by atoms with Crippen LogP contribution in [0.15, 0.2) is 24.3 Å². The molecule has 1 atom stereocenters. The Kier molecular flexibility index (Phi) is 3.29. The summed E-state index contributed by atoms with van der Waals surface area (Å²) in [4.78, 5) is 12.3. The number of carbonyl (C=O) groups is 1. The lowest BCUT2D eigenvalue weighted by atomic mass is 10.2. The molecule has 1 aliphatic heterocycles. The van der Waals surface area contributed by atoms with Crippen LogP contribution in [0.1, 0.15) is 11.4 Å².